The zero-order valence-electron chi connectivity index (χ0n) is 18.4. The average molecular weight is 560 g/mol. The van der Waals surface area contributed by atoms with Gasteiger partial charge in [-0.2, -0.15) is 0 Å². The van der Waals surface area contributed by atoms with Gasteiger partial charge in [-0.1, -0.05) is 77.6 Å². The third-order valence-electron chi connectivity index (χ3n) is 5.01. The average Bonchev–Trinajstić information content (AvgIpc) is 2.77. The Morgan fingerprint density at radius 3 is 2.34 bits per heavy atom. The largest absolute Gasteiger partial charge is 0.354 e. The Balaban J connectivity index is 2.16. The summed E-state index contributed by atoms with van der Waals surface area (Å²) in [7, 11) is 0. The lowest BCUT2D eigenvalue weighted by Crippen LogP contribution is -2.49. The molecule has 1 atom stereocenters. The van der Waals surface area contributed by atoms with Gasteiger partial charge in [-0.15, -0.1) is 11.8 Å². The van der Waals surface area contributed by atoms with Crippen LogP contribution in [0.1, 0.15) is 44.2 Å². The Morgan fingerprint density at radius 1 is 1.09 bits per heavy atom. The molecule has 0 fully saturated rings. The summed E-state index contributed by atoms with van der Waals surface area (Å²) in [4.78, 5) is 27.8. The lowest BCUT2D eigenvalue weighted by Gasteiger charge is -2.31. The molecule has 0 aliphatic heterocycles. The number of hydrogen-bond acceptors (Lipinski definition) is 3. The lowest BCUT2D eigenvalue weighted by molar-refractivity contribution is -0.139. The van der Waals surface area contributed by atoms with E-state index in [0.717, 1.165) is 22.9 Å². The van der Waals surface area contributed by atoms with Crippen LogP contribution in [0.4, 0.5) is 0 Å². The Labute approximate surface area is 213 Å². The van der Waals surface area contributed by atoms with Crippen LogP contribution in [-0.2, 0) is 21.9 Å². The van der Waals surface area contributed by atoms with Crippen LogP contribution in [0.3, 0.4) is 0 Å². The first kappa shape index (κ1) is 27.0. The van der Waals surface area contributed by atoms with Crippen molar-refractivity contribution in [3.8, 4) is 0 Å². The number of carbonyl (C=O) groups excluding carboxylic acids is 2. The molecule has 0 radical (unpaired) electrons. The maximum Gasteiger partial charge on any atom is 0.242 e. The van der Waals surface area contributed by atoms with Gasteiger partial charge in [-0.3, -0.25) is 9.59 Å². The minimum absolute atomic E-state index is 0.111. The van der Waals surface area contributed by atoms with E-state index in [2.05, 4.69) is 28.2 Å². The number of benzene rings is 2. The van der Waals surface area contributed by atoms with E-state index in [1.54, 1.807) is 23.1 Å². The molecule has 0 aliphatic carbocycles. The van der Waals surface area contributed by atoms with Crippen LogP contribution in [-0.4, -0.2) is 35.1 Å². The molecule has 0 unspecified atom stereocenters. The van der Waals surface area contributed by atoms with Crippen molar-refractivity contribution in [2.75, 3.05) is 12.3 Å². The number of amides is 2. The number of carbonyl (C=O) groups is 2. The van der Waals surface area contributed by atoms with Gasteiger partial charge < -0.3 is 10.2 Å². The quantitative estimate of drug-likeness (QED) is 0.294. The summed E-state index contributed by atoms with van der Waals surface area (Å²) >= 11 is 17.7. The Hall–Kier alpha value is -1.21. The van der Waals surface area contributed by atoms with E-state index in [9.17, 15) is 9.59 Å². The molecular formula is C24H29BrCl2N2O2S. The van der Waals surface area contributed by atoms with E-state index in [4.69, 9.17) is 23.2 Å². The summed E-state index contributed by atoms with van der Waals surface area (Å²) in [6.07, 6.45) is 2.39. The number of hydrogen-bond donors (Lipinski definition) is 1. The van der Waals surface area contributed by atoms with Crippen molar-refractivity contribution >= 4 is 62.7 Å². The molecule has 0 bridgehead atoms. The second-order valence-electron chi connectivity index (χ2n) is 7.41. The summed E-state index contributed by atoms with van der Waals surface area (Å²) in [5, 5.41) is 3.93. The van der Waals surface area contributed by atoms with Gasteiger partial charge in [-0.05, 0) is 42.7 Å². The van der Waals surface area contributed by atoms with Crippen molar-refractivity contribution in [3.63, 3.8) is 0 Å². The number of nitrogens with zero attached hydrogens (tertiary/aromatic N) is 1. The summed E-state index contributed by atoms with van der Waals surface area (Å²) < 4.78 is 1.02. The minimum atomic E-state index is -0.583. The van der Waals surface area contributed by atoms with E-state index >= 15 is 0 Å². The van der Waals surface area contributed by atoms with Gasteiger partial charge in [0.1, 0.15) is 6.04 Å². The summed E-state index contributed by atoms with van der Waals surface area (Å²) in [6.45, 7) is 4.77. The second-order valence-corrected chi connectivity index (χ2v) is 10.1. The maximum atomic E-state index is 13.3. The molecule has 2 amide bonds. The third kappa shape index (κ3) is 8.29. The summed E-state index contributed by atoms with van der Waals surface area (Å²) in [5.41, 5.74) is 1.79. The van der Waals surface area contributed by atoms with Crippen LogP contribution in [0.25, 0.3) is 0 Å². The Bertz CT molecular complexity index is 876. The molecule has 0 heterocycles. The third-order valence-corrected chi connectivity index (χ3v) is 7.24. The number of nitrogens with one attached hydrogen (secondary N) is 1. The predicted octanol–water partition coefficient (Wildman–Crippen LogP) is 6.71. The van der Waals surface area contributed by atoms with Gasteiger partial charge in [0.05, 0.1) is 5.75 Å². The smallest absolute Gasteiger partial charge is 0.242 e. The van der Waals surface area contributed by atoms with Crippen LogP contribution < -0.4 is 5.32 Å². The molecule has 2 rings (SSSR count). The molecule has 0 aliphatic rings. The molecule has 0 saturated heterocycles. The van der Waals surface area contributed by atoms with Gasteiger partial charge in [0.2, 0.25) is 11.8 Å². The predicted molar refractivity (Wildman–Crippen MR) is 139 cm³/mol. The molecule has 2 aromatic carbocycles. The molecule has 8 heteroatoms. The molecule has 32 heavy (non-hydrogen) atoms. The lowest BCUT2D eigenvalue weighted by atomic mass is 10.1. The monoisotopic (exact) mass is 558 g/mol. The van der Waals surface area contributed by atoms with Crippen molar-refractivity contribution < 1.29 is 9.59 Å². The van der Waals surface area contributed by atoms with Crippen molar-refractivity contribution in [1.29, 1.82) is 0 Å². The van der Waals surface area contributed by atoms with Crippen LogP contribution >= 0.6 is 50.9 Å². The van der Waals surface area contributed by atoms with E-state index in [0.29, 0.717) is 34.3 Å². The molecule has 0 saturated carbocycles. The zero-order valence-corrected chi connectivity index (χ0v) is 22.3. The highest BCUT2D eigenvalue weighted by molar-refractivity contribution is 9.10. The second kappa shape index (κ2) is 14.1. The molecule has 174 valence electrons. The maximum absolute atomic E-state index is 13.3. The van der Waals surface area contributed by atoms with Crippen LogP contribution in [0, 0.1) is 0 Å². The molecule has 1 N–H and O–H groups in total. The van der Waals surface area contributed by atoms with Crippen LogP contribution in [0.2, 0.25) is 10.0 Å². The first-order valence-corrected chi connectivity index (χ1v) is 13.4. The number of halogens is 3. The fourth-order valence-corrected chi connectivity index (χ4v) is 4.85. The fraction of sp³-hybridized carbons (Fsp3) is 0.417. The first-order valence-electron chi connectivity index (χ1n) is 10.7. The zero-order chi connectivity index (χ0) is 23.5. The highest BCUT2D eigenvalue weighted by Crippen LogP contribution is 2.27. The SMILES string of the molecule is CCCCNC(=O)[C@H](CC)N(Cc1c(Cl)cccc1Cl)C(=O)CSCc1ccc(Br)cc1. The van der Waals surface area contributed by atoms with Crippen LogP contribution in [0.15, 0.2) is 46.9 Å². The molecule has 0 aromatic heterocycles. The standard InChI is InChI=1S/C24H29BrCl2N2O2S/c1-3-5-13-28-24(31)22(4-2)29(14-19-20(26)7-6-8-21(19)27)23(30)16-32-15-17-9-11-18(25)12-10-17/h6-12,22H,3-5,13-16H2,1-2H3,(H,28,31)/t22-/m0/s1. The minimum Gasteiger partial charge on any atom is -0.354 e. The highest BCUT2D eigenvalue weighted by Gasteiger charge is 2.29. The van der Waals surface area contributed by atoms with E-state index in [-0.39, 0.29) is 24.1 Å². The fourth-order valence-electron chi connectivity index (χ4n) is 3.20. The van der Waals surface area contributed by atoms with Gasteiger partial charge >= 0.3 is 0 Å². The van der Waals surface area contributed by atoms with Gasteiger partial charge in [-0.25, -0.2) is 0 Å². The molecule has 4 nitrogen and oxygen atoms in total. The van der Waals surface area contributed by atoms with Crippen LogP contribution in [0.5, 0.6) is 0 Å². The van der Waals surface area contributed by atoms with Gasteiger partial charge in [0, 0.05) is 38.9 Å². The Kier molecular flexibility index (Phi) is 11.9. The summed E-state index contributed by atoms with van der Waals surface area (Å²) in [5.74, 6) is 0.715. The van der Waals surface area contributed by atoms with E-state index < -0.39 is 6.04 Å². The van der Waals surface area contributed by atoms with Gasteiger partial charge in [0.25, 0.3) is 0 Å². The van der Waals surface area contributed by atoms with Crippen molar-refractivity contribution in [2.24, 2.45) is 0 Å². The number of unbranched alkanes of at least 4 members (excludes halogenated alkanes) is 1. The summed E-state index contributed by atoms with van der Waals surface area (Å²) in [6, 6.07) is 12.7. The molecular weight excluding hydrogens is 531 g/mol. The normalized spacial score (nSPS) is 11.8. The topological polar surface area (TPSA) is 49.4 Å². The highest BCUT2D eigenvalue weighted by atomic mass is 79.9. The molecule has 0 spiro atoms. The number of rotatable bonds is 12. The van der Waals surface area contributed by atoms with Gasteiger partial charge in [0.15, 0.2) is 0 Å². The Morgan fingerprint density at radius 2 is 1.75 bits per heavy atom. The first-order chi connectivity index (χ1) is 15.4. The van der Waals surface area contributed by atoms with Crippen molar-refractivity contribution in [3.05, 3.63) is 68.1 Å². The number of thioether (sulfide) groups is 1. The van der Waals surface area contributed by atoms with Crippen molar-refractivity contribution in [2.45, 2.75) is 51.4 Å². The van der Waals surface area contributed by atoms with E-state index in [1.807, 2.05) is 31.2 Å². The van der Waals surface area contributed by atoms with E-state index in [1.165, 1.54) is 11.8 Å². The molecule has 2 aromatic rings. The van der Waals surface area contributed by atoms with Crippen molar-refractivity contribution in [1.82, 2.24) is 10.2 Å².